The van der Waals surface area contributed by atoms with Crippen LogP contribution in [0.5, 0.6) is 0 Å². The van der Waals surface area contributed by atoms with Gasteiger partial charge in [-0.05, 0) is 30.3 Å². The average molecular weight is 346 g/mol. The van der Waals surface area contributed by atoms with Crippen LogP contribution >= 0.6 is 34.8 Å². The van der Waals surface area contributed by atoms with Crippen LogP contribution in [-0.2, 0) is 0 Å². The second kappa shape index (κ2) is 6.89. The summed E-state index contributed by atoms with van der Waals surface area (Å²) in [6, 6.07) is 8.66. The van der Waals surface area contributed by atoms with Gasteiger partial charge < -0.3 is 0 Å². The van der Waals surface area contributed by atoms with Gasteiger partial charge in [-0.3, -0.25) is 4.79 Å². The number of nitrogens with one attached hydrogen (secondary N) is 1. The Morgan fingerprint density at radius 3 is 2.57 bits per heavy atom. The number of rotatable bonds is 3. The van der Waals surface area contributed by atoms with E-state index in [4.69, 9.17) is 34.8 Å². The normalized spacial score (nSPS) is 10.9. The molecule has 0 aliphatic rings. The molecule has 0 atom stereocenters. The van der Waals surface area contributed by atoms with Crippen molar-refractivity contribution in [3.05, 3.63) is 68.4 Å². The summed E-state index contributed by atoms with van der Waals surface area (Å²) in [7, 11) is 0. The molecule has 108 valence electrons. The third-order valence-electron chi connectivity index (χ3n) is 2.54. The molecule has 0 aliphatic carbocycles. The molecular weight excluding hydrogens is 338 g/mol. The number of amides is 1. The summed E-state index contributed by atoms with van der Waals surface area (Å²) < 4.78 is 13.5. The summed E-state index contributed by atoms with van der Waals surface area (Å²) in [6.45, 7) is 0. The van der Waals surface area contributed by atoms with E-state index in [1.807, 2.05) is 0 Å². The summed E-state index contributed by atoms with van der Waals surface area (Å²) in [6.07, 6.45) is 1.12. The molecular formula is C14H8Cl3FN2O. The lowest BCUT2D eigenvalue weighted by molar-refractivity contribution is 0.0955. The van der Waals surface area contributed by atoms with Crippen LogP contribution in [0.3, 0.4) is 0 Å². The van der Waals surface area contributed by atoms with E-state index >= 15 is 0 Å². The molecule has 0 aromatic heterocycles. The fraction of sp³-hybridized carbons (Fsp3) is 0. The second-order valence-corrected chi connectivity index (χ2v) is 5.21. The van der Waals surface area contributed by atoms with Crippen molar-refractivity contribution >= 4 is 46.9 Å². The third-order valence-corrected chi connectivity index (χ3v) is 3.41. The Bertz CT molecular complexity index is 699. The number of carbonyl (C=O) groups excluding carboxylic acids is 1. The number of carbonyl (C=O) groups is 1. The largest absolute Gasteiger partial charge is 0.272 e. The molecule has 0 unspecified atom stereocenters. The van der Waals surface area contributed by atoms with E-state index in [2.05, 4.69) is 10.5 Å². The maximum Gasteiger partial charge on any atom is 0.272 e. The molecule has 1 amide bonds. The van der Waals surface area contributed by atoms with Gasteiger partial charge in [0, 0.05) is 10.6 Å². The maximum absolute atomic E-state index is 13.5. The lowest BCUT2D eigenvalue weighted by atomic mass is 10.2. The number of hydrazone groups is 1. The number of hydrogen-bond donors (Lipinski definition) is 1. The van der Waals surface area contributed by atoms with E-state index in [1.165, 1.54) is 36.4 Å². The molecule has 7 heteroatoms. The number of hydrogen-bond acceptors (Lipinski definition) is 2. The van der Waals surface area contributed by atoms with Crippen LogP contribution in [-0.4, -0.2) is 12.1 Å². The van der Waals surface area contributed by atoms with Crippen molar-refractivity contribution in [1.29, 1.82) is 0 Å². The highest BCUT2D eigenvalue weighted by molar-refractivity contribution is 6.36. The first-order chi connectivity index (χ1) is 9.99. The molecule has 0 aliphatic heterocycles. The van der Waals surface area contributed by atoms with Crippen molar-refractivity contribution < 1.29 is 9.18 Å². The standard InChI is InChI=1S/C14H8Cl3FN2O/c15-8-4-5-9(12(17)6-8)14(21)20-19-7-10-11(16)2-1-3-13(10)18/h1-7H,(H,20,21)/b19-7-. The van der Waals surface area contributed by atoms with Gasteiger partial charge in [0.05, 0.1) is 21.8 Å². The van der Waals surface area contributed by atoms with Gasteiger partial charge in [0.15, 0.2) is 0 Å². The predicted molar refractivity (Wildman–Crippen MR) is 82.9 cm³/mol. The van der Waals surface area contributed by atoms with Crippen LogP contribution in [0.25, 0.3) is 0 Å². The quantitative estimate of drug-likeness (QED) is 0.643. The number of benzene rings is 2. The molecule has 0 heterocycles. The minimum atomic E-state index is -0.541. The van der Waals surface area contributed by atoms with E-state index in [1.54, 1.807) is 0 Å². The first-order valence-corrected chi connectivity index (χ1v) is 6.85. The highest BCUT2D eigenvalue weighted by Gasteiger charge is 2.10. The summed E-state index contributed by atoms with van der Waals surface area (Å²) in [5.74, 6) is -1.08. The molecule has 2 rings (SSSR count). The SMILES string of the molecule is O=C(N/N=C\c1c(F)cccc1Cl)c1ccc(Cl)cc1Cl. The Morgan fingerprint density at radius 2 is 1.90 bits per heavy atom. The zero-order valence-electron chi connectivity index (χ0n) is 10.4. The highest BCUT2D eigenvalue weighted by atomic mass is 35.5. The molecule has 0 bridgehead atoms. The van der Waals surface area contributed by atoms with Gasteiger partial charge in [-0.15, -0.1) is 0 Å². The zero-order valence-corrected chi connectivity index (χ0v) is 12.7. The maximum atomic E-state index is 13.5. The molecule has 3 nitrogen and oxygen atoms in total. The van der Waals surface area contributed by atoms with Gasteiger partial charge >= 0.3 is 0 Å². The average Bonchev–Trinajstić information content (AvgIpc) is 2.42. The summed E-state index contributed by atoms with van der Waals surface area (Å²) in [5.41, 5.74) is 2.53. The van der Waals surface area contributed by atoms with E-state index in [0.717, 1.165) is 6.21 Å². The van der Waals surface area contributed by atoms with Gasteiger partial charge in [-0.2, -0.15) is 5.10 Å². The molecule has 0 fully saturated rings. The summed E-state index contributed by atoms with van der Waals surface area (Å²) in [4.78, 5) is 11.9. The van der Waals surface area contributed by atoms with Crippen molar-refractivity contribution in [3.63, 3.8) is 0 Å². The second-order valence-electron chi connectivity index (χ2n) is 3.96. The molecule has 0 spiro atoms. The molecule has 2 aromatic carbocycles. The molecule has 0 radical (unpaired) electrons. The minimum absolute atomic E-state index is 0.0849. The molecule has 2 aromatic rings. The first kappa shape index (κ1) is 15.8. The van der Waals surface area contributed by atoms with E-state index in [9.17, 15) is 9.18 Å². The Labute approximate surface area is 135 Å². The molecule has 0 saturated carbocycles. The van der Waals surface area contributed by atoms with E-state index in [0.29, 0.717) is 5.02 Å². The number of halogens is 4. The molecule has 1 N–H and O–H groups in total. The molecule has 21 heavy (non-hydrogen) atoms. The van der Waals surface area contributed by atoms with Gasteiger partial charge in [-0.25, -0.2) is 9.82 Å². The van der Waals surface area contributed by atoms with Gasteiger partial charge in [0.1, 0.15) is 5.82 Å². The summed E-state index contributed by atoms with van der Waals surface area (Å²) >= 11 is 17.5. The van der Waals surface area contributed by atoms with Crippen molar-refractivity contribution in [2.45, 2.75) is 0 Å². The van der Waals surface area contributed by atoms with Crippen LogP contribution in [0.15, 0.2) is 41.5 Å². The lowest BCUT2D eigenvalue weighted by Gasteiger charge is -2.03. The Balaban J connectivity index is 2.12. The third kappa shape index (κ3) is 3.94. The van der Waals surface area contributed by atoms with E-state index < -0.39 is 11.7 Å². The first-order valence-electron chi connectivity index (χ1n) is 5.71. The van der Waals surface area contributed by atoms with Gasteiger partial charge in [0.25, 0.3) is 5.91 Å². The van der Waals surface area contributed by atoms with Crippen molar-refractivity contribution in [2.75, 3.05) is 0 Å². The monoisotopic (exact) mass is 344 g/mol. The van der Waals surface area contributed by atoms with Crippen LogP contribution in [0.4, 0.5) is 4.39 Å². The van der Waals surface area contributed by atoms with Crippen molar-refractivity contribution in [2.24, 2.45) is 5.10 Å². The van der Waals surface area contributed by atoms with Crippen LogP contribution in [0.1, 0.15) is 15.9 Å². The fourth-order valence-electron chi connectivity index (χ4n) is 1.52. The fourth-order valence-corrected chi connectivity index (χ4v) is 2.23. The molecule has 0 saturated heterocycles. The van der Waals surface area contributed by atoms with Crippen molar-refractivity contribution in [1.82, 2.24) is 5.43 Å². The Hall–Kier alpha value is -1.62. The summed E-state index contributed by atoms with van der Waals surface area (Å²) in [5, 5.41) is 4.46. The predicted octanol–water partition coefficient (Wildman–Crippen LogP) is 4.55. The number of nitrogens with zero attached hydrogens (tertiary/aromatic N) is 1. The lowest BCUT2D eigenvalue weighted by Crippen LogP contribution is -2.18. The Morgan fingerprint density at radius 1 is 1.14 bits per heavy atom. The minimum Gasteiger partial charge on any atom is -0.267 e. The van der Waals surface area contributed by atoms with Gasteiger partial charge in [0.2, 0.25) is 0 Å². The Kier molecular flexibility index (Phi) is 5.17. The topological polar surface area (TPSA) is 41.5 Å². The highest BCUT2D eigenvalue weighted by Crippen LogP contribution is 2.21. The van der Waals surface area contributed by atoms with Crippen LogP contribution in [0, 0.1) is 5.82 Å². The van der Waals surface area contributed by atoms with E-state index in [-0.39, 0.29) is 21.2 Å². The van der Waals surface area contributed by atoms with Crippen LogP contribution in [0.2, 0.25) is 15.1 Å². The zero-order chi connectivity index (χ0) is 15.4. The van der Waals surface area contributed by atoms with Crippen LogP contribution < -0.4 is 5.43 Å². The van der Waals surface area contributed by atoms with Crippen molar-refractivity contribution in [3.8, 4) is 0 Å². The smallest absolute Gasteiger partial charge is 0.267 e. The van der Waals surface area contributed by atoms with Gasteiger partial charge in [-0.1, -0.05) is 40.9 Å².